The molecule has 1 heterocycles. The van der Waals surface area contributed by atoms with Crippen LogP contribution in [0.2, 0.25) is 0 Å². The monoisotopic (exact) mass is 365 g/mol. The predicted molar refractivity (Wildman–Crippen MR) is 101 cm³/mol. The molecule has 0 spiro atoms. The van der Waals surface area contributed by atoms with E-state index >= 15 is 0 Å². The van der Waals surface area contributed by atoms with Crippen LogP contribution in [0.25, 0.3) is 11.0 Å². The molecule has 2 aromatic carbocycles. The van der Waals surface area contributed by atoms with Gasteiger partial charge in [0.15, 0.2) is 0 Å². The van der Waals surface area contributed by atoms with Crippen LogP contribution < -0.4 is 11.0 Å². The maximum Gasteiger partial charge on any atom is 0.335 e. The summed E-state index contributed by atoms with van der Waals surface area (Å²) in [5.74, 6) is -1.42. The maximum atomic E-state index is 12.5. The maximum absolute atomic E-state index is 12.5. The van der Waals surface area contributed by atoms with Gasteiger partial charge in [-0.1, -0.05) is 18.9 Å². The van der Waals surface area contributed by atoms with E-state index in [9.17, 15) is 14.4 Å². The first-order chi connectivity index (χ1) is 13.0. The standard InChI is InChI=1S/C20H19N3O4/c24-18(21-14-5-3-4-13(10-14)19(25)26)12-8-9-17-16(11-12)22-20(27)23(17)15-6-1-2-7-15/h3-5,8-11,15H,1-2,6-7H2,(H,21,24)(H,22,27)(H,25,26). The van der Waals surface area contributed by atoms with Crippen LogP contribution in [0.1, 0.15) is 52.4 Å². The number of carbonyl (C=O) groups is 2. The fraction of sp³-hybridized carbons (Fsp3) is 0.250. The van der Waals surface area contributed by atoms with E-state index in [1.54, 1.807) is 34.9 Å². The molecule has 0 bridgehead atoms. The number of rotatable bonds is 4. The summed E-state index contributed by atoms with van der Waals surface area (Å²) in [5.41, 5.74) is 2.17. The lowest BCUT2D eigenvalue weighted by Gasteiger charge is -2.11. The SMILES string of the molecule is O=C(O)c1cccc(NC(=O)c2ccc3c(c2)[nH]c(=O)n3C2CCCC2)c1. The molecule has 0 unspecified atom stereocenters. The number of benzene rings is 2. The summed E-state index contributed by atoms with van der Waals surface area (Å²) in [5, 5.41) is 11.7. The molecular weight excluding hydrogens is 346 g/mol. The van der Waals surface area contributed by atoms with Crippen molar-refractivity contribution in [2.24, 2.45) is 0 Å². The molecule has 1 saturated carbocycles. The first-order valence-electron chi connectivity index (χ1n) is 8.92. The number of anilines is 1. The Balaban J connectivity index is 1.62. The average Bonchev–Trinajstić information content (AvgIpc) is 3.27. The van der Waals surface area contributed by atoms with Crippen molar-refractivity contribution in [3.63, 3.8) is 0 Å². The number of imidazole rings is 1. The first-order valence-corrected chi connectivity index (χ1v) is 8.92. The summed E-state index contributed by atoms with van der Waals surface area (Å²) in [6.07, 6.45) is 4.24. The Bertz CT molecular complexity index is 1090. The van der Waals surface area contributed by atoms with E-state index in [0.29, 0.717) is 16.8 Å². The first kappa shape index (κ1) is 17.1. The number of aromatic nitrogens is 2. The average molecular weight is 365 g/mol. The lowest BCUT2D eigenvalue weighted by Crippen LogP contribution is -2.20. The lowest BCUT2D eigenvalue weighted by molar-refractivity contribution is 0.0696. The molecule has 3 aromatic rings. The van der Waals surface area contributed by atoms with Crippen molar-refractivity contribution in [3.8, 4) is 0 Å². The van der Waals surface area contributed by atoms with E-state index in [-0.39, 0.29) is 23.2 Å². The van der Waals surface area contributed by atoms with Crippen molar-refractivity contribution in [1.29, 1.82) is 0 Å². The Morgan fingerprint density at radius 2 is 1.85 bits per heavy atom. The quantitative estimate of drug-likeness (QED) is 0.659. The Hall–Kier alpha value is -3.35. The number of aromatic amines is 1. The molecule has 4 rings (SSSR count). The largest absolute Gasteiger partial charge is 0.478 e. The summed E-state index contributed by atoms with van der Waals surface area (Å²) in [6.45, 7) is 0. The van der Waals surface area contributed by atoms with Gasteiger partial charge in [-0.15, -0.1) is 0 Å². The Kier molecular flexibility index (Phi) is 4.27. The van der Waals surface area contributed by atoms with Crippen LogP contribution >= 0.6 is 0 Å². The molecule has 0 aliphatic heterocycles. The minimum Gasteiger partial charge on any atom is -0.478 e. The number of hydrogen-bond acceptors (Lipinski definition) is 3. The van der Waals surface area contributed by atoms with E-state index in [0.717, 1.165) is 31.2 Å². The van der Waals surface area contributed by atoms with Gasteiger partial charge in [-0.05, 0) is 49.2 Å². The molecule has 1 aliphatic carbocycles. The Morgan fingerprint density at radius 1 is 1.07 bits per heavy atom. The second kappa shape index (κ2) is 6.75. The van der Waals surface area contributed by atoms with Gasteiger partial charge in [-0.25, -0.2) is 9.59 Å². The third-order valence-corrected chi connectivity index (χ3v) is 5.04. The highest BCUT2D eigenvalue weighted by molar-refractivity contribution is 6.06. The number of carboxylic acids is 1. The number of carboxylic acid groups (broad SMARTS) is 1. The smallest absolute Gasteiger partial charge is 0.335 e. The van der Waals surface area contributed by atoms with Crippen molar-refractivity contribution >= 4 is 28.6 Å². The fourth-order valence-corrected chi connectivity index (χ4v) is 3.73. The Morgan fingerprint density at radius 3 is 2.59 bits per heavy atom. The van der Waals surface area contributed by atoms with E-state index in [4.69, 9.17) is 5.11 Å². The van der Waals surface area contributed by atoms with Gasteiger partial charge < -0.3 is 15.4 Å². The highest BCUT2D eigenvalue weighted by atomic mass is 16.4. The molecule has 7 heteroatoms. The van der Waals surface area contributed by atoms with Crippen LogP contribution in [0.15, 0.2) is 47.3 Å². The van der Waals surface area contributed by atoms with E-state index in [1.165, 1.54) is 12.1 Å². The lowest BCUT2D eigenvalue weighted by atomic mass is 10.1. The number of hydrogen-bond donors (Lipinski definition) is 3. The van der Waals surface area contributed by atoms with E-state index in [2.05, 4.69) is 10.3 Å². The summed E-state index contributed by atoms with van der Waals surface area (Å²) >= 11 is 0. The zero-order valence-corrected chi connectivity index (χ0v) is 14.6. The second-order valence-electron chi connectivity index (χ2n) is 6.81. The zero-order valence-electron chi connectivity index (χ0n) is 14.6. The highest BCUT2D eigenvalue weighted by Crippen LogP contribution is 2.30. The molecule has 3 N–H and O–H groups in total. The van der Waals surface area contributed by atoms with Crippen LogP contribution in [0.5, 0.6) is 0 Å². The van der Waals surface area contributed by atoms with Gasteiger partial charge >= 0.3 is 11.7 Å². The second-order valence-corrected chi connectivity index (χ2v) is 6.81. The van der Waals surface area contributed by atoms with E-state index < -0.39 is 5.97 Å². The molecule has 1 amide bonds. The number of fused-ring (bicyclic) bond motifs is 1. The van der Waals surface area contributed by atoms with Gasteiger partial charge in [-0.2, -0.15) is 0 Å². The van der Waals surface area contributed by atoms with Crippen LogP contribution in [-0.4, -0.2) is 26.5 Å². The molecule has 7 nitrogen and oxygen atoms in total. The molecule has 138 valence electrons. The van der Waals surface area contributed by atoms with Crippen molar-refractivity contribution in [2.75, 3.05) is 5.32 Å². The Labute approximate surface area is 154 Å². The highest BCUT2D eigenvalue weighted by Gasteiger charge is 2.21. The molecule has 27 heavy (non-hydrogen) atoms. The minimum atomic E-state index is -1.06. The molecule has 1 aliphatic rings. The summed E-state index contributed by atoms with van der Waals surface area (Å²) in [7, 11) is 0. The molecule has 0 radical (unpaired) electrons. The van der Waals surface area contributed by atoms with Crippen molar-refractivity contribution in [1.82, 2.24) is 9.55 Å². The number of amides is 1. The molecule has 0 saturated heterocycles. The number of nitrogens with zero attached hydrogens (tertiary/aromatic N) is 1. The van der Waals surface area contributed by atoms with Gasteiger partial charge in [-0.3, -0.25) is 9.36 Å². The van der Waals surface area contributed by atoms with Gasteiger partial charge in [0.25, 0.3) is 5.91 Å². The molecule has 0 atom stereocenters. The van der Waals surface area contributed by atoms with Crippen LogP contribution in [0.3, 0.4) is 0 Å². The normalized spacial score (nSPS) is 14.5. The van der Waals surface area contributed by atoms with Crippen LogP contribution in [0.4, 0.5) is 5.69 Å². The number of carbonyl (C=O) groups excluding carboxylic acids is 1. The topological polar surface area (TPSA) is 104 Å². The minimum absolute atomic E-state index is 0.0984. The van der Waals surface area contributed by atoms with Crippen molar-refractivity contribution in [2.45, 2.75) is 31.7 Å². The third-order valence-electron chi connectivity index (χ3n) is 5.04. The number of aromatic carboxylic acids is 1. The van der Waals surface area contributed by atoms with Gasteiger partial charge in [0.1, 0.15) is 0 Å². The van der Waals surface area contributed by atoms with Crippen molar-refractivity contribution in [3.05, 3.63) is 64.1 Å². The molecule has 1 fully saturated rings. The molecule has 1 aromatic heterocycles. The van der Waals surface area contributed by atoms with E-state index in [1.807, 2.05) is 0 Å². The summed E-state index contributed by atoms with van der Waals surface area (Å²) < 4.78 is 1.79. The van der Waals surface area contributed by atoms with Gasteiger partial charge in [0, 0.05) is 17.3 Å². The van der Waals surface area contributed by atoms with Crippen LogP contribution in [-0.2, 0) is 0 Å². The van der Waals surface area contributed by atoms with Gasteiger partial charge in [0.05, 0.1) is 16.6 Å². The van der Waals surface area contributed by atoms with Gasteiger partial charge in [0.2, 0.25) is 0 Å². The summed E-state index contributed by atoms with van der Waals surface area (Å²) in [4.78, 5) is 38.8. The van der Waals surface area contributed by atoms with Crippen molar-refractivity contribution < 1.29 is 14.7 Å². The molecular formula is C20H19N3O4. The van der Waals surface area contributed by atoms with Crippen LogP contribution in [0, 0.1) is 0 Å². The zero-order chi connectivity index (χ0) is 19.0. The number of nitrogens with one attached hydrogen (secondary N) is 2. The summed E-state index contributed by atoms with van der Waals surface area (Å²) in [6, 6.07) is 11.4. The number of H-pyrrole nitrogens is 1. The third kappa shape index (κ3) is 3.23. The fourth-order valence-electron chi connectivity index (χ4n) is 3.73. The predicted octanol–water partition coefficient (Wildman–Crippen LogP) is 3.40.